The van der Waals surface area contributed by atoms with Gasteiger partial charge in [-0.1, -0.05) is 67.5 Å². The Morgan fingerprint density at radius 1 is 1.00 bits per heavy atom. The fraction of sp³-hybridized carbons (Fsp3) is 0.333. The van der Waals surface area contributed by atoms with Crippen LogP contribution in [-0.4, -0.2) is 22.1 Å². The van der Waals surface area contributed by atoms with Crippen molar-refractivity contribution in [2.75, 3.05) is 13.7 Å². The summed E-state index contributed by atoms with van der Waals surface area (Å²) >= 11 is 0. The SMILES string of the molecule is C/C=C(C)\C=C/COC.Cc1ccc(S(=O)(=O)c2ccc(C(C)C)cc2)cc1. The summed E-state index contributed by atoms with van der Waals surface area (Å²) < 4.78 is 29.7. The van der Waals surface area contributed by atoms with Gasteiger partial charge in [0.15, 0.2) is 0 Å². The lowest BCUT2D eigenvalue weighted by Gasteiger charge is -2.08. The summed E-state index contributed by atoms with van der Waals surface area (Å²) in [6.07, 6.45) is 6.10. The molecule has 0 saturated heterocycles. The molecule has 0 aliphatic rings. The van der Waals surface area contributed by atoms with Gasteiger partial charge in [-0.25, -0.2) is 8.42 Å². The third kappa shape index (κ3) is 7.45. The molecule has 0 aliphatic heterocycles. The van der Waals surface area contributed by atoms with Crippen molar-refractivity contribution >= 4 is 9.84 Å². The summed E-state index contributed by atoms with van der Waals surface area (Å²) in [5.41, 5.74) is 3.46. The molecule has 0 heterocycles. The first-order valence-electron chi connectivity index (χ1n) is 9.42. The second-order valence-electron chi connectivity index (χ2n) is 6.93. The minimum absolute atomic E-state index is 0.343. The number of aryl methyl sites for hydroxylation is 1. The average Bonchev–Trinajstić information content (AvgIpc) is 2.69. The number of rotatable bonds is 6. The molecule has 2 rings (SSSR count). The lowest BCUT2D eigenvalue weighted by molar-refractivity contribution is 0.234. The van der Waals surface area contributed by atoms with Crippen molar-refractivity contribution in [1.82, 2.24) is 0 Å². The Labute approximate surface area is 170 Å². The van der Waals surface area contributed by atoms with Crippen LogP contribution in [0.2, 0.25) is 0 Å². The zero-order valence-electron chi connectivity index (χ0n) is 17.8. The molecule has 0 N–H and O–H groups in total. The van der Waals surface area contributed by atoms with E-state index in [0.29, 0.717) is 22.3 Å². The Morgan fingerprint density at radius 2 is 1.50 bits per heavy atom. The van der Waals surface area contributed by atoms with Crippen molar-refractivity contribution in [3.05, 3.63) is 83.5 Å². The van der Waals surface area contributed by atoms with E-state index in [-0.39, 0.29) is 0 Å². The molecule has 3 nitrogen and oxygen atoms in total. The predicted octanol–water partition coefficient (Wildman–Crippen LogP) is 6.11. The van der Waals surface area contributed by atoms with Crippen LogP contribution in [0.3, 0.4) is 0 Å². The molecule has 4 heteroatoms. The Balaban J connectivity index is 0.000000370. The molecule has 0 aliphatic carbocycles. The second kappa shape index (κ2) is 11.6. The monoisotopic (exact) mass is 400 g/mol. The zero-order chi connectivity index (χ0) is 21.2. The fourth-order valence-electron chi connectivity index (χ4n) is 2.31. The van der Waals surface area contributed by atoms with E-state index >= 15 is 0 Å². The largest absolute Gasteiger partial charge is 0.381 e. The topological polar surface area (TPSA) is 43.4 Å². The fourth-order valence-corrected chi connectivity index (χ4v) is 3.57. The molecule has 152 valence electrons. The Hall–Kier alpha value is -2.17. The van der Waals surface area contributed by atoms with E-state index in [1.807, 2.05) is 50.3 Å². The van der Waals surface area contributed by atoms with Gasteiger partial charge in [0.1, 0.15) is 0 Å². The highest BCUT2D eigenvalue weighted by Gasteiger charge is 2.17. The Kier molecular flexibility index (Phi) is 9.91. The van der Waals surface area contributed by atoms with Gasteiger partial charge in [-0.2, -0.15) is 0 Å². The van der Waals surface area contributed by atoms with Crippen LogP contribution in [0.15, 0.2) is 82.1 Å². The van der Waals surface area contributed by atoms with Gasteiger partial charge < -0.3 is 4.74 Å². The molecule has 0 spiro atoms. The van der Waals surface area contributed by atoms with Crippen LogP contribution in [-0.2, 0) is 14.6 Å². The number of methoxy groups -OCH3 is 1. The predicted molar refractivity (Wildman–Crippen MR) is 118 cm³/mol. The highest BCUT2D eigenvalue weighted by Crippen LogP contribution is 2.23. The maximum absolute atomic E-state index is 12.4. The van der Waals surface area contributed by atoms with E-state index in [0.717, 1.165) is 11.1 Å². The normalized spacial score (nSPS) is 12.2. The quantitative estimate of drug-likeness (QED) is 0.550. The van der Waals surface area contributed by atoms with E-state index in [2.05, 4.69) is 26.8 Å². The summed E-state index contributed by atoms with van der Waals surface area (Å²) in [5, 5.41) is 0. The van der Waals surface area contributed by atoms with E-state index in [1.165, 1.54) is 5.57 Å². The number of hydrogen-bond acceptors (Lipinski definition) is 3. The van der Waals surface area contributed by atoms with Gasteiger partial charge in [-0.05, 0) is 56.5 Å². The first-order valence-corrected chi connectivity index (χ1v) is 10.9. The summed E-state index contributed by atoms with van der Waals surface area (Å²) in [6, 6.07) is 14.1. The van der Waals surface area contributed by atoms with Crippen LogP contribution in [0, 0.1) is 6.92 Å². The van der Waals surface area contributed by atoms with E-state index in [1.54, 1.807) is 31.4 Å². The van der Waals surface area contributed by atoms with E-state index in [9.17, 15) is 8.42 Å². The van der Waals surface area contributed by atoms with Crippen LogP contribution in [0.25, 0.3) is 0 Å². The summed E-state index contributed by atoms with van der Waals surface area (Å²) in [4.78, 5) is 0.691. The van der Waals surface area contributed by atoms with Gasteiger partial charge in [-0.15, -0.1) is 0 Å². The van der Waals surface area contributed by atoms with Crippen molar-refractivity contribution in [2.45, 2.75) is 50.3 Å². The van der Waals surface area contributed by atoms with Gasteiger partial charge in [0.25, 0.3) is 0 Å². The third-order valence-electron chi connectivity index (χ3n) is 4.29. The lowest BCUT2D eigenvalue weighted by atomic mass is 10.0. The van der Waals surface area contributed by atoms with Crippen molar-refractivity contribution in [3.63, 3.8) is 0 Å². The molecule has 2 aromatic carbocycles. The number of ether oxygens (including phenoxy) is 1. The van der Waals surface area contributed by atoms with Crippen LogP contribution in [0.5, 0.6) is 0 Å². The van der Waals surface area contributed by atoms with Crippen molar-refractivity contribution in [3.8, 4) is 0 Å². The Bertz CT molecular complexity index is 872. The minimum Gasteiger partial charge on any atom is -0.381 e. The molecule has 0 bridgehead atoms. The third-order valence-corrected chi connectivity index (χ3v) is 6.07. The summed E-state index contributed by atoms with van der Waals surface area (Å²) in [6.45, 7) is 10.9. The zero-order valence-corrected chi connectivity index (χ0v) is 18.6. The number of sulfone groups is 1. The van der Waals surface area contributed by atoms with E-state index < -0.39 is 9.84 Å². The number of benzene rings is 2. The van der Waals surface area contributed by atoms with Gasteiger partial charge in [-0.3, -0.25) is 0 Å². The first-order chi connectivity index (χ1) is 13.2. The van der Waals surface area contributed by atoms with Crippen molar-refractivity contribution in [1.29, 1.82) is 0 Å². The van der Waals surface area contributed by atoms with Gasteiger partial charge in [0.2, 0.25) is 9.84 Å². The maximum atomic E-state index is 12.4. The first kappa shape index (κ1) is 23.9. The second-order valence-corrected chi connectivity index (χ2v) is 8.88. The number of allylic oxidation sites excluding steroid dienone is 3. The summed E-state index contributed by atoms with van der Waals surface area (Å²) in [7, 11) is -1.71. The molecule has 0 atom stereocenters. The van der Waals surface area contributed by atoms with Crippen molar-refractivity contribution in [2.24, 2.45) is 0 Å². The van der Waals surface area contributed by atoms with Gasteiger partial charge >= 0.3 is 0 Å². The van der Waals surface area contributed by atoms with Crippen LogP contribution >= 0.6 is 0 Å². The molecule has 0 radical (unpaired) electrons. The Morgan fingerprint density at radius 3 is 1.93 bits per heavy atom. The van der Waals surface area contributed by atoms with E-state index in [4.69, 9.17) is 4.74 Å². The number of hydrogen-bond donors (Lipinski definition) is 0. The highest BCUT2D eigenvalue weighted by atomic mass is 32.2. The molecule has 28 heavy (non-hydrogen) atoms. The molecule has 0 amide bonds. The molecular weight excluding hydrogens is 368 g/mol. The molecule has 0 fully saturated rings. The smallest absolute Gasteiger partial charge is 0.206 e. The summed E-state index contributed by atoms with van der Waals surface area (Å²) in [5.74, 6) is 0.399. The van der Waals surface area contributed by atoms with Crippen LogP contribution < -0.4 is 0 Å². The molecule has 0 saturated carbocycles. The molecule has 0 unspecified atom stereocenters. The highest BCUT2D eigenvalue weighted by molar-refractivity contribution is 7.91. The molecular formula is C24H32O3S. The van der Waals surface area contributed by atoms with Crippen molar-refractivity contribution < 1.29 is 13.2 Å². The van der Waals surface area contributed by atoms with Gasteiger partial charge in [0.05, 0.1) is 16.4 Å². The minimum atomic E-state index is -3.40. The molecule has 0 aromatic heterocycles. The molecule has 2 aromatic rings. The van der Waals surface area contributed by atoms with Gasteiger partial charge in [0, 0.05) is 7.11 Å². The average molecular weight is 401 g/mol. The lowest BCUT2D eigenvalue weighted by Crippen LogP contribution is -2.02. The van der Waals surface area contributed by atoms with Crippen LogP contribution in [0.1, 0.15) is 44.7 Å². The maximum Gasteiger partial charge on any atom is 0.206 e. The standard InChI is InChI=1S/C16H18O2S.C8H14O/c1-12(2)14-6-10-16(11-7-14)19(17,18)15-8-4-13(3)5-9-15;1-4-8(2)6-5-7-9-3/h4-12H,1-3H3;4-6H,7H2,1-3H3/b;6-5-,8-4-. The van der Waals surface area contributed by atoms with Crippen LogP contribution in [0.4, 0.5) is 0 Å².